The van der Waals surface area contributed by atoms with E-state index < -0.39 is 11.9 Å². The normalized spacial score (nSPS) is 20.9. The molecule has 1 aromatic rings. The number of nitrogens with zero attached hydrogens (tertiary/aromatic N) is 1. The van der Waals surface area contributed by atoms with Crippen molar-refractivity contribution in [3.05, 3.63) is 35.9 Å². The Morgan fingerprint density at radius 1 is 1.45 bits per heavy atom. The van der Waals surface area contributed by atoms with Crippen LogP contribution in [0.5, 0.6) is 0 Å². The number of aliphatic carboxylic acids is 1. The summed E-state index contributed by atoms with van der Waals surface area (Å²) in [5.41, 5.74) is 0.870. The van der Waals surface area contributed by atoms with E-state index in [0.717, 1.165) is 25.2 Å². The topological polar surface area (TPSA) is 52.6 Å². The maximum Gasteiger partial charge on any atom is 0.312 e. The van der Waals surface area contributed by atoms with Crippen LogP contribution in [0.1, 0.15) is 24.8 Å². The van der Waals surface area contributed by atoms with Gasteiger partial charge >= 0.3 is 5.97 Å². The van der Waals surface area contributed by atoms with Crippen LogP contribution in [0.15, 0.2) is 30.3 Å². The fourth-order valence-electron chi connectivity index (χ4n) is 2.83. The van der Waals surface area contributed by atoms with Crippen molar-refractivity contribution >= 4 is 5.97 Å². The Morgan fingerprint density at radius 2 is 2.20 bits per heavy atom. The van der Waals surface area contributed by atoms with E-state index in [1.165, 1.54) is 13.0 Å². The van der Waals surface area contributed by atoms with Gasteiger partial charge in [0.15, 0.2) is 0 Å². The van der Waals surface area contributed by atoms with Crippen LogP contribution in [0.2, 0.25) is 0 Å². The minimum absolute atomic E-state index is 0.458. The predicted molar refractivity (Wildman–Crippen MR) is 79.9 cm³/mol. The van der Waals surface area contributed by atoms with E-state index in [2.05, 4.69) is 17.1 Å². The standard InChI is InChI=1S/C16H24N2O2/c1-2-18-9-8-13(12-18)10-17-11-15(16(19)20)14-6-4-3-5-7-14/h3-7,13,15,17H,2,8-12H2,1H3,(H,19,20). The van der Waals surface area contributed by atoms with E-state index in [0.29, 0.717) is 12.5 Å². The average molecular weight is 276 g/mol. The van der Waals surface area contributed by atoms with Crippen molar-refractivity contribution in [2.45, 2.75) is 19.3 Å². The lowest BCUT2D eigenvalue weighted by Gasteiger charge is -2.17. The van der Waals surface area contributed by atoms with Crippen molar-refractivity contribution < 1.29 is 9.90 Å². The summed E-state index contributed by atoms with van der Waals surface area (Å²) in [6, 6.07) is 9.46. The highest BCUT2D eigenvalue weighted by molar-refractivity contribution is 5.76. The molecule has 1 aliphatic heterocycles. The lowest BCUT2D eigenvalue weighted by Crippen LogP contribution is -2.31. The number of carboxylic acid groups (broad SMARTS) is 1. The Morgan fingerprint density at radius 3 is 2.80 bits per heavy atom. The SMILES string of the molecule is CCN1CCC(CNCC(C(=O)O)c2ccccc2)C1. The van der Waals surface area contributed by atoms with Crippen molar-refractivity contribution in [2.75, 3.05) is 32.7 Å². The molecule has 4 heteroatoms. The minimum Gasteiger partial charge on any atom is -0.481 e. The van der Waals surface area contributed by atoms with Crippen LogP contribution in [0.3, 0.4) is 0 Å². The van der Waals surface area contributed by atoms with Gasteiger partial charge in [0, 0.05) is 13.1 Å². The second-order valence-electron chi connectivity index (χ2n) is 5.51. The number of carbonyl (C=O) groups is 1. The van der Waals surface area contributed by atoms with E-state index in [1.807, 2.05) is 30.3 Å². The van der Waals surface area contributed by atoms with E-state index in [1.54, 1.807) is 0 Å². The molecule has 20 heavy (non-hydrogen) atoms. The molecule has 0 aromatic heterocycles. The highest BCUT2D eigenvalue weighted by Crippen LogP contribution is 2.17. The Hall–Kier alpha value is -1.39. The number of hydrogen-bond donors (Lipinski definition) is 2. The average Bonchev–Trinajstić information content (AvgIpc) is 2.92. The van der Waals surface area contributed by atoms with Crippen LogP contribution in [0, 0.1) is 5.92 Å². The van der Waals surface area contributed by atoms with Gasteiger partial charge in [0.05, 0.1) is 5.92 Å². The maximum absolute atomic E-state index is 11.4. The van der Waals surface area contributed by atoms with Gasteiger partial charge in [0.2, 0.25) is 0 Å². The molecule has 0 aliphatic carbocycles. The smallest absolute Gasteiger partial charge is 0.312 e. The number of nitrogens with one attached hydrogen (secondary N) is 1. The highest BCUT2D eigenvalue weighted by Gasteiger charge is 2.23. The monoisotopic (exact) mass is 276 g/mol. The van der Waals surface area contributed by atoms with Gasteiger partial charge in [-0.15, -0.1) is 0 Å². The number of benzene rings is 1. The molecule has 0 amide bonds. The Labute approximate surface area is 120 Å². The van der Waals surface area contributed by atoms with Gasteiger partial charge in [0.1, 0.15) is 0 Å². The van der Waals surface area contributed by atoms with Gasteiger partial charge in [-0.1, -0.05) is 37.3 Å². The van der Waals surface area contributed by atoms with Crippen LogP contribution < -0.4 is 5.32 Å². The second-order valence-corrected chi connectivity index (χ2v) is 5.51. The van der Waals surface area contributed by atoms with Gasteiger partial charge in [-0.05, 0) is 37.5 Å². The molecule has 2 rings (SSSR count). The van der Waals surface area contributed by atoms with Gasteiger partial charge in [-0.25, -0.2) is 0 Å². The zero-order valence-corrected chi connectivity index (χ0v) is 12.1. The van der Waals surface area contributed by atoms with Gasteiger partial charge in [-0.2, -0.15) is 0 Å². The summed E-state index contributed by atoms with van der Waals surface area (Å²) in [5.74, 6) is -0.564. The van der Waals surface area contributed by atoms with Crippen LogP contribution in [-0.2, 0) is 4.79 Å². The van der Waals surface area contributed by atoms with Crippen molar-refractivity contribution in [3.63, 3.8) is 0 Å². The summed E-state index contributed by atoms with van der Waals surface area (Å²) in [5, 5.41) is 12.7. The van der Waals surface area contributed by atoms with Crippen LogP contribution in [0.4, 0.5) is 0 Å². The molecule has 1 aromatic carbocycles. The fourth-order valence-corrected chi connectivity index (χ4v) is 2.83. The molecule has 0 bridgehead atoms. The first-order valence-corrected chi connectivity index (χ1v) is 7.41. The van der Waals surface area contributed by atoms with Crippen molar-refractivity contribution in [3.8, 4) is 0 Å². The Kier molecular flexibility index (Phi) is 5.56. The predicted octanol–water partition coefficient (Wildman–Crippen LogP) is 1.79. The summed E-state index contributed by atoms with van der Waals surface area (Å²) in [4.78, 5) is 13.8. The third-order valence-electron chi connectivity index (χ3n) is 4.10. The molecule has 1 heterocycles. The lowest BCUT2D eigenvalue weighted by atomic mass is 9.99. The number of likely N-dealkylation sites (tertiary alicyclic amines) is 1. The summed E-state index contributed by atoms with van der Waals surface area (Å²) in [6.45, 7) is 7.01. The molecule has 4 nitrogen and oxygen atoms in total. The first-order valence-electron chi connectivity index (χ1n) is 7.41. The number of carboxylic acids is 1. The lowest BCUT2D eigenvalue weighted by molar-refractivity contribution is -0.138. The molecule has 1 saturated heterocycles. The van der Waals surface area contributed by atoms with Crippen LogP contribution in [0.25, 0.3) is 0 Å². The van der Waals surface area contributed by atoms with Crippen molar-refractivity contribution in [2.24, 2.45) is 5.92 Å². The van der Waals surface area contributed by atoms with E-state index in [9.17, 15) is 9.90 Å². The van der Waals surface area contributed by atoms with Crippen molar-refractivity contribution in [1.82, 2.24) is 10.2 Å². The molecule has 2 unspecified atom stereocenters. The first-order chi connectivity index (χ1) is 9.70. The van der Waals surface area contributed by atoms with E-state index in [-0.39, 0.29) is 0 Å². The third-order valence-corrected chi connectivity index (χ3v) is 4.10. The molecule has 1 aliphatic rings. The first kappa shape index (κ1) is 15.0. The third kappa shape index (κ3) is 4.05. The molecule has 0 saturated carbocycles. The summed E-state index contributed by atoms with van der Waals surface area (Å²) in [6.07, 6.45) is 1.21. The van der Waals surface area contributed by atoms with Crippen molar-refractivity contribution in [1.29, 1.82) is 0 Å². The number of hydrogen-bond acceptors (Lipinski definition) is 3. The highest BCUT2D eigenvalue weighted by atomic mass is 16.4. The zero-order valence-electron chi connectivity index (χ0n) is 12.1. The molecular weight excluding hydrogens is 252 g/mol. The Bertz CT molecular complexity index is 422. The Balaban J connectivity index is 1.80. The van der Waals surface area contributed by atoms with Gasteiger partial charge in [-0.3, -0.25) is 4.79 Å². The molecule has 0 radical (unpaired) electrons. The molecule has 0 spiro atoms. The largest absolute Gasteiger partial charge is 0.481 e. The van der Waals surface area contributed by atoms with Crippen LogP contribution >= 0.6 is 0 Å². The van der Waals surface area contributed by atoms with Gasteiger partial charge in [0.25, 0.3) is 0 Å². The molecule has 2 N–H and O–H groups in total. The molecule has 2 atom stereocenters. The summed E-state index contributed by atoms with van der Waals surface area (Å²) < 4.78 is 0. The van der Waals surface area contributed by atoms with Crippen LogP contribution in [-0.4, -0.2) is 48.7 Å². The quantitative estimate of drug-likeness (QED) is 0.797. The molecular formula is C16H24N2O2. The fraction of sp³-hybridized carbons (Fsp3) is 0.562. The molecule has 110 valence electrons. The zero-order chi connectivity index (χ0) is 14.4. The maximum atomic E-state index is 11.4. The number of rotatable bonds is 7. The minimum atomic E-state index is -0.759. The summed E-state index contributed by atoms with van der Waals surface area (Å²) >= 11 is 0. The molecule has 1 fully saturated rings. The van der Waals surface area contributed by atoms with E-state index in [4.69, 9.17) is 0 Å². The van der Waals surface area contributed by atoms with Gasteiger partial charge < -0.3 is 15.3 Å². The van der Waals surface area contributed by atoms with E-state index >= 15 is 0 Å². The summed E-state index contributed by atoms with van der Waals surface area (Å²) in [7, 11) is 0. The second kappa shape index (κ2) is 7.41.